The number of aromatic nitrogens is 2. The molecule has 0 aliphatic carbocycles. The molecule has 1 heterocycles. The Balaban J connectivity index is 2.35. The first-order valence-electron chi connectivity index (χ1n) is 4.99. The maximum absolute atomic E-state index is 5.97. The van der Waals surface area contributed by atoms with Crippen LogP contribution in [0, 0.1) is 0 Å². The highest BCUT2D eigenvalue weighted by Gasteiger charge is 2.07. The highest BCUT2D eigenvalue weighted by Crippen LogP contribution is 2.14. The fourth-order valence-corrected chi connectivity index (χ4v) is 1.39. The fraction of sp³-hybridized carbons (Fsp3) is 0.700. The van der Waals surface area contributed by atoms with Crippen LogP contribution in [0.3, 0.4) is 0 Å². The van der Waals surface area contributed by atoms with Gasteiger partial charge in [0.15, 0.2) is 0 Å². The topological polar surface area (TPSA) is 43.8 Å². The summed E-state index contributed by atoms with van der Waals surface area (Å²) in [4.78, 5) is 0. The maximum Gasteiger partial charge on any atom is 0.0791 e. The summed E-state index contributed by atoms with van der Waals surface area (Å²) in [5, 5.41) is 4.28. The molecule has 1 atom stereocenters. The third-order valence-electron chi connectivity index (χ3n) is 2.23. The van der Waals surface area contributed by atoms with Crippen molar-refractivity contribution in [3.63, 3.8) is 0 Å². The largest absolute Gasteiger partial charge is 0.323 e. The normalized spacial score (nSPS) is 13.2. The monoisotopic (exact) mass is 181 g/mol. The summed E-state index contributed by atoms with van der Waals surface area (Å²) in [5.74, 6) is 0. The van der Waals surface area contributed by atoms with Crippen molar-refractivity contribution in [2.75, 3.05) is 0 Å². The highest BCUT2D eigenvalue weighted by atomic mass is 15.3. The van der Waals surface area contributed by atoms with E-state index < -0.39 is 0 Å². The van der Waals surface area contributed by atoms with Crippen molar-refractivity contribution < 1.29 is 0 Å². The predicted molar refractivity (Wildman–Crippen MR) is 54.3 cm³/mol. The van der Waals surface area contributed by atoms with Gasteiger partial charge >= 0.3 is 0 Å². The molecule has 0 aromatic carbocycles. The van der Waals surface area contributed by atoms with Crippen LogP contribution in [0.4, 0.5) is 0 Å². The molecule has 1 aromatic rings. The van der Waals surface area contributed by atoms with Gasteiger partial charge in [-0.3, -0.25) is 4.68 Å². The molecule has 0 saturated heterocycles. The van der Waals surface area contributed by atoms with E-state index in [0.29, 0.717) is 0 Å². The third kappa shape index (κ3) is 3.19. The summed E-state index contributed by atoms with van der Waals surface area (Å²) < 4.78 is 1.80. The standard InChI is InChI=1S/C10H19N3/c1-3-4-5-6-9(11)10-7-8-13(2)12-10/h7-9H,3-6,11H2,1-2H3. The Bertz CT molecular complexity index is 242. The number of nitrogens with zero attached hydrogens (tertiary/aromatic N) is 2. The average molecular weight is 181 g/mol. The lowest BCUT2D eigenvalue weighted by molar-refractivity contribution is 0.562. The Hall–Kier alpha value is -0.830. The molecular formula is C10H19N3. The van der Waals surface area contributed by atoms with Crippen LogP contribution in [-0.2, 0) is 7.05 Å². The molecule has 1 aromatic heterocycles. The lowest BCUT2D eigenvalue weighted by Crippen LogP contribution is -2.11. The molecule has 1 unspecified atom stereocenters. The average Bonchev–Trinajstić information content (AvgIpc) is 2.52. The highest BCUT2D eigenvalue weighted by molar-refractivity contribution is 5.04. The van der Waals surface area contributed by atoms with Crippen LogP contribution < -0.4 is 5.73 Å². The van der Waals surface area contributed by atoms with Crippen molar-refractivity contribution in [3.8, 4) is 0 Å². The Morgan fingerprint density at radius 2 is 2.31 bits per heavy atom. The number of unbranched alkanes of at least 4 members (excludes halogenated alkanes) is 2. The van der Waals surface area contributed by atoms with Gasteiger partial charge < -0.3 is 5.73 Å². The molecule has 74 valence electrons. The molecule has 0 amide bonds. The van der Waals surface area contributed by atoms with E-state index in [1.54, 1.807) is 4.68 Å². The number of aryl methyl sites for hydroxylation is 1. The van der Waals surface area contributed by atoms with Gasteiger partial charge in [-0.2, -0.15) is 5.10 Å². The number of nitrogens with two attached hydrogens (primary N) is 1. The van der Waals surface area contributed by atoms with Gasteiger partial charge in [-0.05, 0) is 12.5 Å². The number of hydrogen-bond donors (Lipinski definition) is 1. The van der Waals surface area contributed by atoms with Crippen LogP contribution in [0.1, 0.15) is 44.3 Å². The van der Waals surface area contributed by atoms with Gasteiger partial charge in [0, 0.05) is 19.3 Å². The quantitative estimate of drug-likeness (QED) is 0.706. The Kier molecular flexibility index (Phi) is 3.96. The Morgan fingerprint density at radius 1 is 1.54 bits per heavy atom. The number of rotatable bonds is 5. The van der Waals surface area contributed by atoms with Gasteiger partial charge in [0.25, 0.3) is 0 Å². The minimum Gasteiger partial charge on any atom is -0.323 e. The molecule has 0 spiro atoms. The SMILES string of the molecule is CCCCCC(N)c1ccn(C)n1. The van der Waals surface area contributed by atoms with Gasteiger partial charge in [0.05, 0.1) is 5.69 Å². The molecule has 0 aliphatic heterocycles. The van der Waals surface area contributed by atoms with Crippen LogP contribution in [0.5, 0.6) is 0 Å². The first kappa shape index (κ1) is 10.3. The van der Waals surface area contributed by atoms with E-state index in [2.05, 4.69) is 12.0 Å². The summed E-state index contributed by atoms with van der Waals surface area (Å²) in [6.45, 7) is 2.20. The zero-order valence-corrected chi connectivity index (χ0v) is 8.53. The lowest BCUT2D eigenvalue weighted by atomic mass is 10.1. The van der Waals surface area contributed by atoms with Crippen LogP contribution in [0.25, 0.3) is 0 Å². The molecule has 1 rings (SSSR count). The first-order chi connectivity index (χ1) is 6.24. The van der Waals surface area contributed by atoms with Gasteiger partial charge in [0.1, 0.15) is 0 Å². The second-order valence-electron chi connectivity index (χ2n) is 3.52. The molecule has 0 radical (unpaired) electrons. The second-order valence-corrected chi connectivity index (χ2v) is 3.52. The van der Waals surface area contributed by atoms with Crippen molar-refractivity contribution in [1.29, 1.82) is 0 Å². The second kappa shape index (κ2) is 5.02. The van der Waals surface area contributed by atoms with Crippen LogP contribution in [0.15, 0.2) is 12.3 Å². The lowest BCUT2D eigenvalue weighted by Gasteiger charge is -2.07. The molecule has 0 aliphatic rings. The van der Waals surface area contributed by atoms with Crippen LogP contribution in [0.2, 0.25) is 0 Å². The smallest absolute Gasteiger partial charge is 0.0791 e. The van der Waals surface area contributed by atoms with E-state index in [4.69, 9.17) is 5.73 Å². The molecule has 13 heavy (non-hydrogen) atoms. The summed E-state index contributed by atoms with van der Waals surface area (Å²) >= 11 is 0. The summed E-state index contributed by atoms with van der Waals surface area (Å²) in [6, 6.07) is 2.11. The van der Waals surface area contributed by atoms with E-state index >= 15 is 0 Å². The molecule has 3 nitrogen and oxygen atoms in total. The van der Waals surface area contributed by atoms with Gasteiger partial charge in [-0.25, -0.2) is 0 Å². The first-order valence-corrected chi connectivity index (χ1v) is 4.99. The van der Waals surface area contributed by atoms with Crippen molar-refractivity contribution in [2.45, 2.75) is 38.6 Å². The van der Waals surface area contributed by atoms with Gasteiger partial charge in [-0.15, -0.1) is 0 Å². The van der Waals surface area contributed by atoms with Crippen LogP contribution >= 0.6 is 0 Å². The third-order valence-corrected chi connectivity index (χ3v) is 2.23. The zero-order chi connectivity index (χ0) is 9.68. The molecule has 0 saturated carbocycles. The Morgan fingerprint density at radius 3 is 2.85 bits per heavy atom. The predicted octanol–water partition coefficient (Wildman–Crippen LogP) is 2.00. The summed E-state index contributed by atoms with van der Waals surface area (Å²) in [7, 11) is 1.92. The van der Waals surface area contributed by atoms with Gasteiger partial charge in [0.2, 0.25) is 0 Å². The van der Waals surface area contributed by atoms with Crippen molar-refractivity contribution in [3.05, 3.63) is 18.0 Å². The zero-order valence-electron chi connectivity index (χ0n) is 8.53. The maximum atomic E-state index is 5.97. The Labute approximate surface area is 79.9 Å². The molecule has 0 fully saturated rings. The van der Waals surface area contributed by atoms with Crippen molar-refractivity contribution in [1.82, 2.24) is 9.78 Å². The van der Waals surface area contributed by atoms with E-state index in [0.717, 1.165) is 12.1 Å². The van der Waals surface area contributed by atoms with E-state index in [1.807, 2.05) is 19.3 Å². The summed E-state index contributed by atoms with van der Waals surface area (Å²) in [5.41, 5.74) is 6.99. The minimum atomic E-state index is 0.118. The molecule has 3 heteroatoms. The van der Waals surface area contributed by atoms with Crippen molar-refractivity contribution >= 4 is 0 Å². The fourth-order valence-electron chi connectivity index (χ4n) is 1.39. The molecule has 2 N–H and O–H groups in total. The van der Waals surface area contributed by atoms with E-state index in [9.17, 15) is 0 Å². The number of hydrogen-bond acceptors (Lipinski definition) is 2. The van der Waals surface area contributed by atoms with E-state index in [-0.39, 0.29) is 6.04 Å². The van der Waals surface area contributed by atoms with E-state index in [1.165, 1.54) is 19.3 Å². The van der Waals surface area contributed by atoms with Crippen molar-refractivity contribution in [2.24, 2.45) is 12.8 Å². The minimum absolute atomic E-state index is 0.118. The summed E-state index contributed by atoms with van der Waals surface area (Å²) in [6.07, 6.45) is 6.70. The van der Waals surface area contributed by atoms with Crippen LogP contribution in [-0.4, -0.2) is 9.78 Å². The molecular weight excluding hydrogens is 162 g/mol. The van der Waals surface area contributed by atoms with Gasteiger partial charge in [-0.1, -0.05) is 26.2 Å². The molecule has 0 bridgehead atoms.